The van der Waals surface area contributed by atoms with E-state index in [0.717, 1.165) is 49.4 Å². The number of carbonyl (C=O) groups excluding carboxylic acids is 3. The van der Waals surface area contributed by atoms with Gasteiger partial charge in [-0.05, 0) is 61.3 Å². The molecular formula is C42H31NO3. The molecule has 6 aromatic rings. The van der Waals surface area contributed by atoms with Gasteiger partial charge in [0.15, 0.2) is 5.78 Å². The molecule has 0 N–H and O–H groups in total. The van der Waals surface area contributed by atoms with Crippen LogP contribution in [0.1, 0.15) is 47.6 Å². The average Bonchev–Trinajstić information content (AvgIpc) is 3.61. The predicted octanol–water partition coefficient (Wildman–Crippen LogP) is 8.09. The summed E-state index contributed by atoms with van der Waals surface area (Å²) in [5, 5.41) is 3.97. The average molecular weight is 598 g/mol. The van der Waals surface area contributed by atoms with Gasteiger partial charge >= 0.3 is 0 Å². The minimum atomic E-state index is -1.37. The molecule has 222 valence electrons. The molecule has 1 saturated heterocycles. The van der Waals surface area contributed by atoms with E-state index in [1.54, 1.807) is 0 Å². The number of imide groups is 1. The Morgan fingerprint density at radius 3 is 1.35 bits per heavy atom. The molecule has 1 aliphatic heterocycles. The Hall–Kier alpha value is -5.35. The van der Waals surface area contributed by atoms with Crippen LogP contribution in [-0.4, -0.2) is 17.6 Å². The molecule has 2 aliphatic carbocycles. The SMILES string of the molecule is CC(C)c1ccccc1N1C(=O)[C@@H]2[C@H](C1=O)[C@@]1(c3ccccc3)C(=O)[C@@]2(c2ccccc2)c2c1c1ccccc1c1ccccc21. The lowest BCUT2D eigenvalue weighted by molar-refractivity contribution is -0.130. The monoisotopic (exact) mass is 597 g/mol. The summed E-state index contributed by atoms with van der Waals surface area (Å²) < 4.78 is 0. The molecular weight excluding hydrogens is 566 g/mol. The summed E-state index contributed by atoms with van der Waals surface area (Å²) in [6.45, 7) is 4.14. The lowest BCUT2D eigenvalue weighted by Crippen LogP contribution is -2.45. The Bertz CT molecular complexity index is 2140. The van der Waals surface area contributed by atoms with Crippen molar-refractivity contribution in [2.24, 2.45) is 11.8 Å². The molecule has 3 aliphatic rings. The van der Waals surface area contributed by atoms with Gasteiger partial charge in [0.1, 0.15) is 0 Å². The summed E-state index contributed by atoms with van der Waals surface area (Å²) in [4.78, 5) is 47.8. The predicted molar refractivity (Wildman–Crippen MR) is 181 cm³/mol. The van der Waals surface area contributed by atoms with Crippen molar-refractivity contribution in [3.05, 3.63) is 161 Å². The van der Waals surface area contributed by atoms with E-state index in [9.17, 15) is 0 Å². The summed E-state index contributed by atoms with van der Waals surface area (Å²) in [6, 6.07) is 43.6. The molecule has 6 aromatic carbocycles. The number of ketones is 1. The summed E-state index contributed by atoms with van der Waals surface area (Å²) in [6.07, 6.45) is 0. The maximum atomic E-state index is 16.0. The van der Waals surface area contributed by atoms with E-state index in [0.29, 0.717) is 5.69 Å². The number of rotatable bonds is 4. The zero-order valence-corrected chi connectivity index (χ0v) is 25.6. The molecule has 1 saturated carbocycles. The smallest absolute Gasteiger partial charge is 0.239 e. The van der Waals surface area contributed by atoms with Crippen molar-refractivity contribution >= 4 is 44.8 Å². The summed E-state index contributed by atoms with van der Waals surface area (Å²) in [5.74, 6) is -2.42. The zero-order chi connectivity index (χ0) is 31.4. The van der Waals surface area contributed by atoms with Crippen LogP contribution >= 0.6 is 0 Å². The minimum absolute atomic E-state index is 0.0811. The van der Waals surface area contributed by atoms with Gasteiger partial charge in [0.25, 0.3) is 0 Å². The molecule has 4 nitrogen and oxygen atoms in total. The Kier molecular flexibility index (Phi) is 5.48. The molecule has 0 radical (unpaired) electrons. The third-order valence-corrected chi connectivity index (χ3v) is 10.9. The second-order valence-corrected chi connectivity index (χ2v) is 13.2. The fourth-order valence-electron chi connectivity index (χ4n) is 9.36. The summed E-state index contributed by atoms with van der Waals surface area (Å²) in [7, 11) is 0. The van der Waals surface area contributed by atoms with Crippen molar-refractivity contribution in [1.29, 1.82) is 0 Å². The fraction of sp³-hybridized carbons (Fsp3) is 0.167. The molecule has 2 bridgehead atoms. The molecule has 0 unspecified atom stereocenters. The van der Waals surface area contributed by atoms with E-state index >= 15 is 14.4 Å². The Balaban J connectivity index is 1.50. The van der Waals surface area contributed by atoms with Gasteiger partial charge in [-0.2, -0.15) is 0 Å². The molecule has 1 heterocycles. The van der Waals surface area contributed by atoms with E-state index in [2.05, 4.69) is 38.1 Å². The van der Waals surface area contributed by atoms with Gasteiger partial charge in [0.05, 0.1) is 28.4 Å². The van der Waals surface area contributed by atoms with E-state index in [1.807, 2.05) is 109 Å². The van der Waals surface area contributed by atoms with Gasteiger partial charge in [-0.3, -0.25) is 14.4 Å². The molecule has 9 rings (SSSR count). The highest BCUT2D eigenvalue weighted by Crippen LogP contribution is 2.72. The standard InChI is InChI=1S/C42H31NO3/c1-25(2)28-19-13-14-24-33(28)43-38(44)36-37(39(43)45)42(27-17-7-4-8-18-27)35-32-23-12-10-21-30(32)29-20-9-11-22-31(29)34(35)41(36,40(42)46)26-15-5-3-6-16-26/h3-25,36-37H,1-2H3/t36-,37+,41-,42-/m0/s1. The first-order chi connectivity index (χ1) is 22.4. The fourth-order valence-corrected chi connectivity index (χ4v) is 9.36. The van der Waals surface area contributed by atoms with Crippen molar-refractivity contribution in [3.8, 4) is 0 Å². The van der Waals surface area contributed by atoms with Crippen molar-refractivity contribution in [2.75, 3.05) is 4.90 Å². The number of carbonyl (C=O) groups is 3. The first-order valence-corrected chi connectivity index (χ1v) is 16.0. The van der Waals surface area contributed by atoms with Gasteiger partial charge in [0, 0.05) is 0 Å². The maximum Gasteiger partial charge on any atom is 0.239 e. The van der Waals surface area contributed by atoms with Gasteiger partial charge < -0.3 is 0 Å². The van der Waals surface area contributed by atoms with E-state index < -0.39 is 22.7 Å². The Morgan fingerprint density at radius 2 is 0.891 bits per heavy atom. The Labute approximate surface area is 267 Å². The molecule has 2 fully saturated rings. The molecule has 4 heteroatoms. The first kappa shape index (κ1) is 27.0. The van der Waals surface area contributed by atoms with Crippen LogP contribution in [0.5, 0.6) is 0 Å². The lowest BCUT2D eigenvalue weighted by Gasteiger charge is -2.38. The van der Waals surface area contributed by atoms with Crippen LogP contribution in [-0.2, 0) is 25.2 Å². The first-order valence-electron chi connectivity index (χ1n) is 16.0. The van der Waals surface area contributed by atoms with E-state index in [1.165, 1.54) is 4.90 Å². The number of Topliss-reactive ketones (excluding diaryl/α,β-unsaturated/α-hetero) is 1. The topological polar surface area (TPSA) is 54.5 Å². The third kappa shape index (κ3) is 2.98. The maximum absolute atomic E-state index is 16.0. The molecule has 0 spiro atoms. The van der Waals surface area contributed by atoms with Gasteiger partial charge in [-0.1, -0.05) is 141 Å². The van der Waals surface area contributed by atoms with Crippen LogP contribution in [0.25, 0.3) is 21.5 Å². The summed E-state index contributed by atoms with van der Waals surface area (Å²) in [5.41, 5.74) is 2.05. The van der Waals surface area contributed by atoms with Crippen molar-refractivity contribution in [2.45, 2.75) is 30.6 Å². The van der Waals surface area contributed by atoms with Crippen molar-refractivity contribution in [1.82, 2.24) is 0 Å². The second kappa shape index (κ2) is 9.34. The largest absolute Gasteiger partial charge is 0.297 e. The van der Waals surface area contributed by atoms with Crippen LogP contribution in [0.15, 0.2) is 133 Å². The second-order valence-electron chi connectivity index (χ2n) is 13.2. The highest BCUT2D eigenvalue weighted by Gasteiger charge is 2.82. The molecule has 0 aromatic heterocycles. The molecule has 46 heavy (non-hydrogen) atoms. The number of benzene rings is 6. The highest BCUT2D eigenvalue weighted by molar-refractivity contribution is 6.34. The van der Waals surface area contributed by atoms with Crippen molar-refractivity contribution in [3.63, 3.8) is 0 Å². The van der Waals surface area contributed by atoms with Crippen LogP contribution < -0.4 is 4.90 Å². The minimum Gasteiger partial charge on any atom is -0.297 e. The third-order valence-electron chi connectivity index (χ3n) is 10.9. The van der Waals surface area contributed by atoms with E-state index in [4.69, 9.17) is 0 Å². The van der Waals surface area contributed by atoms with Gasteiger partial charge in [0.2, 0.25) is 11.8 Å². The zero-order valence-electron chi connectivity index (χ0n) is 25.6. The number of nitrogens with zero attached hydrogens (tertiary/aromatic N) is 1. The Morgan fingerprint density at radius 1 is 0.500 bits per heavy atom. The van der Waals surface area contributed by atoms with E-state index in [-0.39, 0.29) is 23.5 Å². The number of para-hydroxylation sites is 1. The van der Waals surface area contributed by atoms with Crippen LogP contribution in [0, 0.1) is 11.8 Å². The number of fused-ring (bicyclic) bond motifs is 13. The van der Waals surface area contributed by atoms with Crippen LogP contribution in [0.4, 0.5) is 5.69 Å². The van der Waals surface area contributed by atoms with Crippen molar-refractivity contribution < 1.29 is 14.4 Å². The molecule has 2 amide bonds. The number of anilines is 1. The number of hydrogen-bond donors (Lipinski definition) is 0. The normalized spacial score (nSPS) is 24.8. The van der Waals surface area contributed by atoms with Gasteiger partial charge in [-0.25, -0.2) is 4.90 Å². The van der Waals surface area contributed by atoms with Crippen LogP contribution in [0.3, 0.4) is 0 Å². The quantitative estimate of drug-likeness (QED) is 0.152. The number of hydrogen-bond acceptors (Lipinski definition) is 3. The lowest BCUT2D eigenvalue weighted by atomic mass is 9.59. The van der Waals surface area contributed by atoms with Crippen LogP contribution in [0.2, 0.25) is 0 Å². The summed E-state index contributed by atoms with van der Waals surface area (Å²) >= 11 is 0. The number of amides is 2. The highest BCUT2D eigenvalue weighted by atomic mass is 16.2. The molecule has 4 atom stereocenters. The van der Waals surface area contributed by atoms with Gasteiger partial charge in [-0.15, -0.1) is 0 Å².